The second-order valence-electron chi connectivity index (χ2n) is 3.71. The fourth-order valence-electron chi connectivity index (χ4n) is 1.59. The number of rotatable bonds is 3. The summed E-state index contributed by atoms with van der Waals surface area (Å²) in [4.78, 5) is 5.28. The van der Waals surface area contributed by atoms with E-state index >= 15 is 0 Å². The summed E-state index contributed by atoms with van der Waals surface area (Å²) in [5, 5.41) is 9.41. The highest BCUT2D eigenvalue weighted by molar-refractivity contribution is 7.15. The molecule has 0 spiro atoms. The van der Waals surface area contributed by atoms with Crippen LogP contribution in [0.4, 0.5) is 4.39 Å². The number of hydrogen-bond donors (Lipinski definition) is 0. The molecule has 2 aromatic rings. The lowest BCUT2D eigenvalue weighted by atomic mass is 10.2. The Balaban J connectivity index is 2.40. The summed E-state index contributed by atoms with van der Waals surface area (Å²) >= 11 is 1.42. The number of aromatic nitrogens is 1. The minimum absolute atomic E-state index is 0.212. The van der Waals surface area contributed by atoms with Crippen LogP contribution in [0.3, 0.4) is 0 Å². The Bertz CT molecular complexity index is 616. The zero-order valence-corrected chi connectivity index (χ0v) is 10.8. The summed E-state index contributed by atoms with van der Waals surface area (Å²) in [6.07, 6.45) is 0.335. The Labute approximate surface area is 108 Å². The van der Waals surface area contributed by atoms with E-state index in [1.165, 1.54) is 24.5 Å². The predicted octanol–water partition coefficient (Wildman–Crippen LogP) is 3.33. The lowest BCUT2D eigenvalue weighted by Gasteiger charge is -2.02. The van der Waals surface area contributed by atoms with Gasteiger partial charge in [0.05, 0.1) is 25.3 Å². The highest BCUT2D eigenvalue weighted by Gasteiger charge is 2.11. The summed E-state index contributed by atoms with van der Waals surface area (Å²) in [6, 6.07) is 6.83. The average Bonchev–Trinajstić information content (AvgIpc) is 2.71. The molecule has 0 aliphatic rings. The highest BCUT2D eigenvalue weighted by atomic mass is 32.1. The summed E-state index contributed by atoms with van der Waals surface area (Å²) in [6.45, 7) is 1.85. The molecule has 0 atom stereocenters. The molecule has 1 aromatic heterocycles. The van der Waals surface area contributed by atoms with E-state index in [1.807, 2.05) is 6.92 Å². The van der Waals surface area contributed by atoms with Crippen LogP contribution in [0.1, 0.15) is 10.6 Å². The van der Waals surface area contributed by atoms with Crippen LogP contribution >= 0.6 is 11.3 Å². The second-order valence-corrected chi connectivity index (χ2v) is 4.80. The van der Waals surface area contributed by atoms with Crippen molar-refractivity contribution in [3.63, 3.8) is 0 Å². The third-order valence-corrected chi connectivity index (χ3v) is 3.74. The molecule has 1 heterocycles. The van der Waals surface area contributed by atoms with Gasteiger partial charge in [0.2, 0.25) is 0 Å². The molecule has 18 heavy (non-hydrogen) atoms. The van der Waals surface area contributed by atoms with Crippen LogP contribution < -0.4 is 4.74 Å². The molecule has 0 N–H and O–H groups in total. The topological polar surface area (TPSA) is 45.9 Å². The second kappa shape index (κ2) is 5.15. The molecule has 0 fully saturated rings. The van der Waals surface area contributed by atoms with Crippen molar-refractivity contribution in [1.82, 2.24) is 4.98 Å². The molecule has 1 aromatic carbocycles. The summed E-state index contributed by atoms with van der Waals surface area (Å²) in [5.74, 6) is -0.200. The van der Waals surface area contributed by atoms with Gasteiger partial charge in [0.25, 0.3) is 0 Å². The van der Waals surface area contributed by atoms with Crippen molar-refractivity contribution < 1.29 is 9.13 Å². The van der Waals surface area contributed by atoms with Gasteiger partial charge >= 0.3 is 0 Å². The highest BCUT2D eigenvalue weighted by Crippen LogP contribution is 2.30. The van der Waals surface area contributed by atoms with Gasteiger partial charge in [-0.2, -0.15) is 5.26 Å². The number of benzene rings is 1. The van der Waals surface area contributed by atoms with Gasteiger partial charge in [-0.05, 0) is 25.1 Å². The number of methoxy groups -OCH3 is 1. The Kier molecular flexibility index (Phi) is 3.58. The molecule has 0 saturated heterocycles. The number of halogens is 1. The molecule has 0 unspecified atom stereocenters. The molecule has 2 rings (SSSR count). The van der Waals surface area contributed by atoms with E-state index in [9.17, 15) is 4.39 Å². The van der Waals surface area contributed by atoms with Crippen molar-refractivity contribution >= 4 is 11.3 Å². The Morgan fingerprint density at radius 2 is 2.28 bits per heavy atom. The summed E-state index contributed by atoms with van der Waals surface area (Å²) in [5.41, 5.74) is 1.53. The van der Waals surface area contributed by atoms with Crippen molar-refractivity contribution in [2.45, 2.75) is 13.3 Å². The van der Waals surface area contributed by atoms with Gasteiger partial charge in [-0.25, -0.2) is 9.37 Å². The number of nitriles is 1. The van der Waals surface area contributed by atoms with Crippen molar-refractivity contribution in [3.05, 3.63) is 34.6 Å². The minimum Gasteiger partial charge on any atom is -0.494 e. The van der Waals surface area contributed by atoms with Crippen LogP contribution in [-0.4, -0.2) is 12.1 Å². The molecule has 92 valence electrons. The molecule has 3 nitrogen and oxygen atoms in total. The largest absolute Gasteiger partial charge is 0.494 e. The molecular weight excluding hydrogens is 251 g/mol. The molecule has 0 aliphatic carbocycles. The zero-order valence-electron chi connectivity index (χ0n) is 10.0. The minimum atomic E-state index is -0.412. The van der Waals surface area contributed by atoms with Gasteiger partial charge in [0, 0.05) is 10.4 Å². The number of hydrogen-bond acceptors (Lipinski definition) is 4. The Morgan fingerprint density at radius 1 is 1.50 bits per heavy atom. The number of aryl methyl sites for hydroxylation is 1. The van der Waals surface area contributed by atoms with Crippen LogP contribution in [0.15, 0.2) is 18.2 Å². The monoisotopic (exact) mass is 262 g/mol. The van der Waals surface area contributed by atoms with Gasteiger partial charge in [0.1, 0.15) is 5.01 Å². The van der Waals surface area contributed by atoms with Crippen LogP contribution in [-0.2, 0) is 6.42 Å². The fraction of sp³-hybridized carbons (Fsp3) is 0.231. The SMILES string of the molecule is COc1ccc(-c2nc(C)c(CC#N)s2)cc1F. The van der Waals surface area contributed by atoms with Gasteiger partial charge < -0.3 is 4.74 Å². The molecule has 0 radical (unpaired) electrons. The van der Waals surface area contributed by atoms with E-state index in [-0.39, 0.29) is 5.75 Å². The van der Waals surface area contributed by atoms with Crippen LogP contribution in [0, 0.1) is 24.1 Å². The maximum atomic E-state index is 13.6. The maximum absolute atomic E-state index is 13.6. The van der Waals surface area contributed by atoms with Crippen LogP contribution in [0.2, 0.25) is 0 Å². The van der Waals surface area contributed by atoms with E-state index in [1.54, 1.807) is 12.1 Å². The smallest absolute Gasteiger partial charge is 0.165 e. The van der Waals surface area contributed by atoms with Gasteiger partial charge in [-0.15, -0.1) is 11.3 Å². The first-order valence-corrected chi connectivity index (χ1v) is 6.14. The Morgan fingerprint density at radius 3 is 2.89 bits per heavy atom. The van der Waals surface area contributed by atoms with Crippen LogP contribution in [0.25, 0.3) is 10.6 Å². The number of nitrogens with zero attached hydrogens (tertiary/aromatic N) is 2. The maximum Gasteiger partial charge on any atom is 0.165 e. The van der Waals surface area contributed by atoms with E-state index in [4.69, 9.17) is 10.00 Å². The number of thiazole rings is 1. The third kappa shape index (κ3) is 2.34. The van der Waals surface area contributed by atoms with E-state index in [0.29, 0.717) is 12.0 Å². The van der Waals surface area contributed by atoms with E-state index in [0.717, 1.165) is 15.6 Å². The van der Waals surface area contributed by atoms with Crippen molar-refractivity contribution in [1.29, 1.82) is 5.26 Å². The van der Waals surface area contributed by atoms with Crippen molar-refractivity contribution in [2.24, 2.45) is 0 Å². The van der Waals surface area contributed by atoms with Gasteiger partial charge in [-0.3, -0.25) is 0 Å². The van der Waals surface area contributed by atoms with E-state index in [2.05, 4.69) is 11.1 Å². The lowest BCUT2D eigenvalue weighted by Crippen LogP contribution is -1.88. The molecule has 5 heteroatoms. The first kappa shape index (κ1) is 12.5. The quantitative estimate of drug-likeness (QED) is 0.852. The number of ether oxygens (including phenoxy) is 1. The predicted molar refractivity (Wildman–Crippen MR) is 68.1 cm³/mol. The first-order valence-electron chi connectivity index (χ1n) is 5.33. The molecule has 0 bridgehead atoms. The molecule has 0 saturated carbocycles. The third-order valence-electron chi connectivity index (χ3n) is 2.53. The summed E-state index contributed by atoms with van der Waals surface area (Å²) in [7, 11) is 1.43. The van der Waals surface area contributed by atoms with Gasteiger partial charge in [0.15, 0.2) is 11.6 Å². The van der Waals surface area contributed by atoms with E-state index < -0.39 is 5.82 Å². The normalized spacial score (nSPS) is 10.1. The standard InChI is InChI=1S/C13H11FN2OS/c1-8-12(5-6-15)18-13(16-8)9-3-4-11(17-2)10(14)7-9/h3-4,7H,5H2,1-2H3. The lowest BCUT2D eigenvalue weighted by molar-refractivity contribution is 0.386. The van der Waals surface area contributed by atoms with Crippen molar-refractivity contribution in [2.75, 3.05) is 7.11 Å². The van der Waals surface area contributed by atoms with Gasteiger partial charge in [-0.1, -0.05) is 0 Å². The first-order chi connectivity index (χ1) is 8.65. The van der Waals surface area contributed by atoms with Crippen molar-refractivity contribution in [3.8, 4) is 22.4 Å². The summed E-state index contributed by atoms with van der Waals surface area (Å²) < 4.78 is 18.5. The molecule has 0 aliphatic heterocycles. The molecular formula is C13H11FN2OS. The Hall–Kier alpha value is -1.93. The molecule has 0 amide bonds. The fourth-order valence-corrected chi connectivity index (χ4v) is 2.58. The zero-order chi connectivity index (χ0) is 13.1. The average molecular weight is 262 g/mol. The van der Waals surface area contributed by atoms with Crippen LogP contribution in [0.5, 0.6) is 5.75 Å².